The summed E-state index contributed by atoms with van der Waals surface area (Å²) in [5, 5.41) is 2.64. The second kappa shape index (κ2) is 7.49. The van der Waals surface area contributed by atoms with E-state index in [1.807, 2.05) is 19.3 Å². The summed E-state index contributed by atoms with van der Waals surface area (Å²) in [6.07, 6.45) is 0. The van der Waals surface area contributed by atoms with E-state index in [1.54, 1.807) is 18.2 Å². The molecule has 2 amide bonds. The minimum atomic E-state index is -0.727. The summed E-state index contributed by atoms with van der Waals surface area (Å²) in [4.78, 5) is 24.0. The average Bonchev–Trinajstić information content (AvgIpc) is 2.50. The van der Waals surface area contributed by atoms with Crippen LogP contribution >= 0.6 is 0 Å². The highest BCUT2D eigenvalue weighted by molar-refractivity contribution is 5.99. The first kappa shape index (κ1) is 16.8. The van der Waals surface area contributed by atoms with Crippen LogP contribution in [0, 0.1) is 5.92 Å². The predicted molar refractivity (Wildman–Crippen MR) is 78.0 cm³/mol. The van der Waals surface area contributed by atoms with E-state index < -0.39 is 17.9 Å². The number of methoxy groups -OCH3 is 2. The third-order valence-corrected chi connectivity index (χ3v) is 3.03. The molecule has 7 nitrogen and oxygen atoms in total. The lowest BCUT2D eigenvalue weighted by Gasteiger charge is -2.21. The SMILES string of the molecule is COc1ccc(C(=O)N[C@H](C(=O)NN)C(C)C)c(OC)c1. The van der Waals surface area contributed by atoms with Crippen molar-refractivity contribution >= 4 is 11.8 Å². The molecule has 0 spiro atoms. The highest BCUT2D eigenvalue weighted by Gasteiger charge is 2.25. The van der Waals surface area contributed by atoms with Gasteiger partial charge in [0, 0.05) is 6.07 Å². The van der Waals surface area contributed by atoms with E-state index in [1.165, 1.54) is 14.2 Å². The molecule has 0 aliphatic heterocycles. The topological polar surface area (TPSA) is 103 Å². The van der Waals surface area contributed by atoms with Gasteiger partial charge in [0.1, 0.15) is 17.5 Å². The number of amides is 2. The molecule has 0 aromatic heterocycles. The van der Waals surface area contributed by atoms with Crippen LogP contribution in [-0.2, 0) is 4.79 Å². The van der Waals surface area contributed by atoms with Crippen molar-refractivity contribution in [2.75, 3.05) is 14.2 Å². The third kappa shape index (κ3) is 4.09. The zero-order valence-electron chi connectivity index (χ0n) is 12.6. The first-order valence-electron chi connectivity index (χ1n) is 6.48. The molecule has 0 saturated carbocycles. The molecule has 1 aromatic rings. The summed E-state index contributed by atoms with van der Waals surface area (Å²) in [7, 11) is 2.98. The highest BCUT2D eigenvalue weighted by Crippen LogP contribution is 2.24. The number of hydrogen-bond acceptors (Lipinski definition) is 5. The Kier molecular flexibility index (Phi) is 5.98. The fourth-order valence-electron chi connectivity index (χ4n) is 1.83. The maximum atomic E-state index is 12.3. The van der Waals surface area contributed by atoms with E-state index in [4.69, 9.17) is 15.3 Å². The van der Waals surface area contributed by atoms with E-state index in [-0.39, 0.29) is 5.92 Å². The van der Waals surface area contributed by atoms with Gasteiger partial charge in [-0.25, -0.2) is 5.84 Å². The minimum Gasteiger partial charge on any atom is -0.497 e. The minimum absolute atomic E-state index is 0.109. The maximum absolute atomic E-state index is 12.3. The molecule has 0 fully saturated rings. The molecule has 0 radical (unpaired) electrons. The van der Waals surface area contributed by atoms with Gasteiger partial charge in [-0.15, -0.1) is 0 Å². The summed E-state index contributed by atoms with van der Waals surface area (Å²) in [5.74, 6) is 5.08. The van der Waals surface area contributed by atoms with Gasteiger partial charge in [0.2, 0.25) is 0 Å². The number of benzene rings is 1. The van der Waals surface area contributed by atoms with E-state index in [9.17, 15) is 9.59 Å². The standard InChI is InChI=1S/C14H21N3O4/c1-8(2)12(14(19)17-15)16-13(18)10-6-5-9(20-3)7-11(10)21-4/h5-8,12H,15H2,1-4H3,(H,16,18)(H,17,19)/t12-/m0/s1. The van der Waals surface area contributed by atoms with Crippen molar-refractivity contribution in [1.82, 2.24) is 10.7 Å². The highest BCUT2D eigenvalue weighted by atomic mass is 16.5. The zero-order valence-corrected chi connectivity index (χ0v) is 12.6. The van der Waals surface area contributed by atoms with Crippen molar-refractivity contribution in [1.29, 1.82) is 0 Å². The van der Waals surface area contributed by atoms with Gasteiger partial charge in [0.15, 0.2) is 0 Å². The Morgan fingerprint density at radius 1 is 1.19 bits per heavy atom. The van der Waals surface area contributed by atoms with E-state index >= 15 is 0 Å². The molecule has 0 aliphatic rings. The van der Waals surface area contributed by atoms with Crippen molar-refractivity contribution in [2.45, 2.75) is 19.9 Å². The molecule has 1 aromatic carbocycles. The fraction of sp³-hybridized carbons (Fsp3) is 0.429. The van der Waals surface area contributed by atoms with Crippen molar-refractivity contribution in [3.63, 3.8) is 0 Å². The number of ether oxygens (including phenoxy) is 2. The van der Waals surface area contributed by atoms with Crippen LogP contribution in [0.4, 0.5) is 0 Å². The van der Waals surface area contributed by atoms with Crippen LogP contribution in [0.2, 0.25) is 0 Å². The number of nitrogens with one attached hydrogen (secondary N) is 2. The quantitative estimate of drug-likeness (QED) is 0.402. The number of nitrogens with two attached hydrogens (primary N) is 1. The van der Waals surface area contributed by atoms with Gasteiger partial charge >= 0.3 is 0 Å². The third-order valence-electron chi connectivity index (χ3n) is 3.03. The zero-order chi connectivity index (χ0) is 16.0. The second-order valence-corrected chi connectivity index (χ2v) is 4.77. The molecule has 0 unspecified atom stereocenters. The summed E-state index contributed by atoms with van der Waals surface area (Å²) in [6, 6.07) is 4.09. The van der Waals surface area contributed by atoms with Crippen LogP contribution in [0.5, 0.6) is 11.5 Å². The number of carbonyl (C=O) groups excluding carboxylic acids is 2. The van der Waals surface area contributed by atoms with E-state index in [0.717, 1.165) is 0 Å². The molecule has 21 heavy (non-hydrogen) atoms. The Morgan fingerprint density at radius 2 is 1.86 bits per heavy atom. The van der Waals surface area contributed by atoms with Gasteiger partial charge in [-0.05, 0) is 18.1 Å². The Labute approximate surface area is 123 Å². The lowest BCUT2D eigenvalue weighted by molar-refractivity contribution is -0.124. The van der Waals surface area contributed by atoms with Crippen LogP contribution in [-0.4, -0.2) is 32.1 Å². The lowest BCUT2D eigenvalue weighted by atomic mass is 10.0. The first-order valence-corrected chi connectivity index (χ1v) is 6.48. The molecule has 0 bridgehead atoms. The average molecular weight is 295 g/mol. The number of hydrogen-bond donors (Lipinski definition) is 3. The first-order chi connectivity index (χ1) is 9.94. The fourth-order valence-corrected chi connectivity index (χ4v) is 1.83. The van der Waals surface area contributed by atoms with Crippen molar-refractivity contribution in [2.24, 2.45) is 11.8 Å². The van der Waals surface area contributed by atoms with Crippen molar-refractivity contribution < 1.29 is 19.1 Å². The van der Waals surface area contributed by atoms with Gasteiger partial charge in [-0.3, -0.25) is 15.0 Å². The molecule has 116 valence electrons. The second-order valence-electron chi connectivity index (χ2n) is 4.77. The summed E-state index contributed by atoms with van der Waals surface area (Å²) in [6.45, 7) is 3.62. The monoisotopic (exact) mass is 295 g/mol. The molecule has 4 N–H and O–H groups in total. The largest absolute Gasteiger partial charge is 0.497 e. The number of hydrazine groups is 1. The Morgan fingerprint density at radius 3 is 2.33 bits per heavy atom. The molecular formula is C14H21N3O4. The van der Waals surface area contributed by atoms with Crippen molar-refractivity contribution in [3.8, 4) is 11.5 Å². The molecule has 0 heterocycles. The van der Waals surface area contributed by atoms with E-state index in [2.05, 4.69) is 5.32 Å². The van der Waals surface area contributed by atoms with Crippen LogP contribution in [0.25, 0.3) is 0 Å². The molecular weight excluding hydrogens is 274 g/mol. The summed E-state index contributed by atoms with van der Waals surface area (Å²) in [5.41, 5.74) is 2.36. The van der Waals surface area contributed by atoms with Crippen LogP contribution in [0.1, 0.15) is 24.2 Å². The summed E-state index contributed by atoms with van der Waals surface area (Å²) < 4.78 is 10.2. The van der Waals surface area contributed by atoms with Gasteiger partial charge in [0.05, 0.1) is 19.8 Å². The van der Waals surface area contributed by atoms with Gasteiger partial charge in [-0.1, -0.05) is 13.8 Å². The normalized spacial score (nSPS) is 11.7. The van der Waals surface area contributed by atoms with E-state index in [0.29, 0.717) is 17.1 Å². The maximum Gasteiger partial charge on any atom is 0.256 e. The lowest BCUT2D eigenvalue weighted by Crippen LogP contribution is -2.51. The molecule has 1 rings (SSSR count). The van der Waals surface area contributed by atoms with Gasteiger partial charge in [-0.2, -0.15) is 0 Å². The predicted octanol–water partition coefficient (Wildman–Crippen LogP) is 0.448. The Hall–Kier alpha value is -2.28. The number of carbonyl (C=O) groups is 2. The molecule has 0 aliphatic carbocycles. The Bertz CT molecular complexity index is 517. The van der Waals surface area contributed by atoms with Crippen LogP contribution in [0.15, 0.2) is 18.2 Å². The van der Waals surface area contributed by atoms with Crippen molar-refractivity contribution in [3.05, 3.63) is 23.8 Å². The summed E-state index contributed by atoms with van der Waals surface area (Å²) >= 11 is 0. The molecule has 7 heteroatoms. The smallest absolute Gasteiger partial charge is 0.256 e. The van der Waals surface area contributed by atoms with Crippen LogP contribution in [0.3, 0.4) is 0 Å². The van der Waals surface area contributed by atoms with Gasteiger partial charge < -0.3 is 14.8 Å². The number of rotatable bonds is 6. The molecule has 0 saturated heterocycles. The Balaban J connectivity index is 3.00. The van der Waals surface area contributed by atoms with Crippen LogP contribution < -0.4 is 26.1 Å². The molecule has 1 atom stereocenters. The van der Waals surface area contributed by atoms with Gasteiger partial charge in [0.25, 0.3) is 11.8 Å².